The van der Waals surface area contributed by atoms with Crippen LogP contribution in [0.4, 0.5) is 0 Å². The summed E-state index contributed by atoms with van der Waals surface area (Å²) in [4.78, 5) is 34.0. The van der Waals surface area contributed by atoms with Crippen molar-refractivity contribution in [2.24, 2.45) is 0 Å². The van der Waals surface area contributed by atoms with Crippen LogP contribution in [0, 0.1) is 6.92 Å². The molecule has 0 aliphatic carbocycles. The fourth-order valence-corrected chi connectivity index (χ4v) is 4.19. The summed E-state index contributed by atoms with van der Waals surface area (Å²) in [6.07, 6.45) is 3.21. The van der Waals surface area contributed by atoms with Gasteiger partial charge in [-0.2, -0.15) is 0 Å². The van der Waals surface area contributed by atoms with Crippen LogP contribution in [0.3, 0.4) is 0 Å². The number of aromatic nitrogens is 2. The molecule has 1 amide bonds. The molecule has 0 spiro atoms. The second kappa shape index (κ2) is 7.43. The molecule has 1 aromatic heterocycles. The molecule has 5 nitrogen and oxygen atoms in total. The Kier molecular flexibility index (Phi) is 4.82. The Morgan fingerprint density at radius 1 is 1.04 bits per heavy atom. The molecule has 28 heavy (non-hydrogen) atoms. The normalized spacial score (nSPS) is 16.0. The van der Waals surface area contributed by atoms with Crippen molar-refractivity contribution >= 4 is 5.91 Å². The molecule has 1 saturated heterocycles. The SMILES string of the molecule is Cc1ncc(C(=O)N2CCCC(c3ccccc3)(c3ccccc3)C2)c(=O)[nH]1. The zero-order valence-electron chi connectivity index (χ0n) is 15.9. The van der Waals surface area contributed by atoms with Gasteiger partial charge in [-0.05, 0) is 30.9 Å². The third kappa shape index (κ3) is 3.24. The highest BCUT2D eigenvalue weighted by Crippen LogP contribution is 2.40. The quantitative estimate of drug-likeness (QED) is 0.766. The van der Waals surface area contributed by atoms with Crippen molar-refractivity contribution in [3.63, 3.8) is 0 Å². The number of aryl methyl sites for hydroxylation is 1. The number of piperidine rings is 1. The molecule has 5 heteroatoms. The van der Waals surface area contributed by atoms with Crippen LogP contribution in [-0.4, -0.2) is 33.9 Å². The van der Waals surface area contributed by atoms with E-state index in [4.69, 9.17) is 0 Å². The number of hydrogen-bond donors (Lipinski definition) is 1. The largest absolute Gasteiger partial charge is 0.337 e. The molecule has 142 valence electrons. The lowest BCUT2D eigenvalue weighted by atomic mass is 9.69. The van der Waals surface area contributed by atoms with Crippen LogP contribution in [0.25, 0.3) is 0 Å². The van der Waals surface area contributed by atoms with E-state index in [2.05, 4.69) is 34.2 Å². The van der Waals surface area contributed by atoms with Gasteiger partial charge in [0.05, 0.1) is 0 Å². The number of nitrogens with one attached hydrogen (secondary N) is 1. The Labute approximate surface area is 164 Å². The summed E-state index contributed by atoms with van der Waals surface area (Å²) in [6.45, 7) is 2.87. The van der Waals surface area contributed by atoms with Crippen LogP contribution < -0.4 is 5.56 Å². The smallest absolute Gasteiger partial charge is 0.263 e. The Hall–Kier alpha value is -3.21. The molecule has 1 fully saturated rings. The van der Waals surface area contributed by atoms with E-state index in [9.17, 15) is 9.59 Å². The van der Waals surface area contributed by atoms with Gasteiger partial charge in [-0.1, -0.05) is 60.7 Å². The average molecular weight is 373 g/mol. The molecular formula is C23H23N3O2. The van der Waals surface area contributed by atoms with Gasteiger partial charge < -0.3 is 9.88 Å². The average Bonchev–Trinajstić information content (AvgIpc) is 2.74. The molecule has 1 aliphatic rings. The van der Waals surface area contributed by atoms with Crippen LogP contribution in [0.15, 0.2) is 71.7 Å². The number of rotatable bonds is 3. The zero-order chi connectivity index (χ0) is 19.6. The number of nitrogens with zero attached hydrogens (tertiary/aromatic N) is 2. The van der Waals surface area contributed by atoms with E-state index in [1.807, 2.05) is 36.4 Å². The van der Waals surface area contributed by atoms with Gasteiger partial charge in [-0.25, -0.2) is 4.98 Å². The molecule has 0 bridgehead atoms. The Balaban J connectivity index is 1.75. The Morgan fingerprint density at radius 3 is 2.21 bits per heavy atom. The van der Waals surface area contributed by atoms with E-state index in [1.54, 1.807) is 11.8 Å². The summed E-state index contributed by atoms with van der Waals surface area (Å²) in [5.41, 5.74) is 1.81. The van der Waals surface area contributed by atoms with Gasteiger partial charge in [-0.3, -0.25) is 9.59 Å². The highest BCUT2D eigenvalue weighted by Gasteiger charge is 2.40. The first-order valence-corrected chi connectivity index (χ1v) is 9.56. The number of carbonyl (C=O) groups is 1. The predicted molar refractivity (Wildman–Crippen MR) is 108 cm³/mol. The minimum Gasteiger partial charge on any atom is -0.337 e. The van der Waals surface area contributed by atoms with Crippen molar-refractivity contribution in [2.75, 3.05) is 13.1 Å². The van der Waals surface area contributed by atoms with Gasteiger partial charge in [0.15, 0.2) is 0 Å². The standard InChI is InChI=1S/C23H23N3O2/c1-17-24-15-20(21(27)25-17)22(28)26-14-8-13-23(16-26,18-9-4-2-5-10-18)19-11-6-3-7-12-19/h2-7,9-12,15H,8,13-14,16H2,1H3,(H,24,25,27). The van der Waals surface area contributed by atoms with E-state index in [-0.39, 0.29) is 22.4 Å². The van der Waals surface area contributed by atoms with Crippen molar-refractivity contribution in [3.8, 4) is 0 Å². The minimum atomic E-state index is -0.381. The molecule has 3 aromatic rings. The summed E-state index contributed by atoms with van der Waals surface area (Å²) in [5.74, 6) is 0.243. The lowest BCUT2D eigenvalue weighted by Gasteiger charge is -2.44. The number of carbonyl (C=O) groups excluding carboxylic acids is 1. The number of aromatic amines is 1. The number of hydrogen-bond acceptors (Lipinski definition) is 3. The van der Waals surface area contributed by atoms with Crippen LogP contribution in [0.2, 0.25) is 0 Å². The maximum absolute atomic E-state index is 13.1. The maximum atomic E-state index is 13.1. The van der Waals surface area contributed by atoms with Gasteiger partial charge in [0, 0.05) is 24.7 Å². The Bertz CT molecular complexity index is 989. The molecule has 2 aromatic carbocycles. The van der Waals surface area contributed by atoms with Gasteiger partial charge in [0.1, 0.15) is 11.4 Å². The highest BCUT2D eigenvalue weighted by atomic mass is 16.2. The first kappa shape index (κ1) is 18.2. The fourth-order valence-electron chi connectivity index (χ4n) is 4.19. The molecule has 2 heterocycles. The van der Waals surface area contributed by atoms with Crippen molar-refractivity contribution < 1.29 is 4.79 Å². The monoisotopic (exact) mass is 373 g/mol. The van der Waals surface area contributed by atoms with E-state index >= 15 is 0 Å². The number of amides is 1. The fraction of sp³-hybridized carbons (Fsp3) is 0.261. The zero-order valence-corrected chi connectivity index (χ0v) is 15.9. The van der Waals surface area contributed by atoms with Gasteiger partial charge >= 0.3 is 0 Å². The number of H-pyrrole nitrogens is 1. The number of benzene rings is 2. The minimum absolute atomic E-state index is 0.0996. The molecule has 0 atom stereocenters. The third-order valence-corrected chi connectivity index (χ3v) is 5.59. The van der Waals surface area contributed by atoms with Crippen molar-refractivity contribution in [3.05, 3.63) is 99.7 Å². The summed E-state index contributed by atoms with van der Waals surface area (Å²) < 4.78 is 0. The molecular weight excluding hydrogens is 350 g/mol. The van der Waals surface area contributed by atoms with Gasteiger partial charge in [0.25, 0.3) is 11.5 Å². The first-order valence-electron chi connectivity index (χ1n) is 9.56. The predicted octanol–water partition coefficient (Wildman–Crippen LogP) is 3.30. The molecule has 0 radical (unpaired) electrons. The van der Waals surface area contributed by atoms with Gasteiger partial charge in [-0.15, -0.1) is 0 Å². The second-order valence-electron chi connectivity index (χ2n) is 7.36. The number of likely N-dealkylation sites (tertiary alicyclic amines) is 1. The van der Waals surface area contributed by atoms with Gasteiger partial charge in [0.2, 0.25) is 0 Å². The highest BCUT2D eigenvalue weighted by molar-refractivity contribution is 5.93. The Morgan fingerprint density at radius 2 is 1.64 bits per heavy atom. The summed E-state index contributed by atoms with van der Waals surface area (Å²) in [5, 5.41) is 0. The molecule has 1 aliphatic heterocycles. The molecule has 1 N–H and O–H groups in total. The van der Waals surface area contributed by atoms with Crippen LogP contribution in [0.1, 0.15) is 40.2 Å². The van der Waals surface area contributed by atoms with E-state index in [0.29, 0.717) is 18.9 Å². The van der Waals surface area contributed by atoms with Crippen LogP contribution in [-0.2, 0) is 5.41 Å². The van der Waals surface area contributed by atoms with E-state index in [0.717, 1.165) is 12.8 Å². The third-order valence-electron chi connectivity index (χ3n) is 5.59. The summed E-state index contributed by atoms with van der Waals surface area (Å²) in [7, 11) is 0. The first-order chi connectivity index (χ1) is 13.6. The maximum Gasteiger partial charge on any atom is 0.263 e. The molecule has 0 unspecified atom stereocenters. The van der Waals surface area contributed by atoms with Crippen molar-refractivity contribution in [1.29, 1.82) is 0 Å². The molecule has 0 saturated carbocycles. The summed E-state index contributed by atoms with van der Waals surface area (Å²) >= 11 is 0. The topological polar surface area (TPSA) is 66.1 Å². The summed E-state index contributed by atoms with van der Waals surface area (Å²) in [6, 6.07) is 20.7. The van der Waals surface area contributed by atoms with Crippen LogP contribution >= 0.6 is 0 Å². The van der Waals surface area contributed by atoms with Crippen molar-refractivity contribution in [2.45, 2.75) is 25.2 Å². The lowest BCUT2D eigenvalue weighted by molar-refractivity contribution is 0.0664. The molecule has 4 rings (SSSR count). The lowest BCUT2D eigenvalue weighted by Crippen LogP contribution is -2.50. The second-order valence-corrected chi connectivity index (χ2v) is 7.36. The van der Waals surface area contributed by atoms with Crippen molar-refractivity contribution in [1.82, 2.24) is 14.9 Å². The van der Waals surface area contributed by atoms with E-state index in [1.165, 1.54) is 17.3 Å². The van der Waals surface area contributed by atoms with E-state index < -0.39 is 0 Å². The van der Waals surface area contributed by atoms with Crippen LogP contribution in [0.5, 0.6) is 0 Å².